The minimum Gasteiger partial charge on any atom is -0.298 e. The number of anilines is 1. The fraction of sp³-hybridized carbons (Fsp3) is 0.353. The van der Waals surface area contributed by atoms with Gasteiger partial charge in [0.2, 0.25) is 0 Å². The summed E-state index contributed by atoms with van der Waals surface area (Å²) in [5.74, 6) is -0.235. The van der Waals surface area contributed by atoms with Gasteiger partial charge in [-0.05, 0) is 44.1 Å². The molecule has 0 saturated carbocycles. The van der Waals surface area contributed by atoms with Crippen LogP contribution in [-0.2, 0) is 6.54 Å². The third kappa shape index (κ3) is 4.15. The highest BCUT2D eigenvalue weighted by atomic mass is 32.1. The molecule has 1 saturated heterocycles. The number of likely N-dealkylation sites (tertiary alicyclic amines) is 1. The van der Waals surface area contributed by atoms with Crippen LogP contribution in [0.2, 0.25) is 0 Å². The number of nitrogens with one attached hydrogen (secondary N) is 1. The quantitative estimate of drug-likeness (QED) is 0.936. The van der Waals surface area contributed by atoms with Crippen LogP contribution in [-0.4, -0.2) is 28.9 Å². The second-order valence-corrected chi connectivity index (χ2v) is 6.49. The molecule has 1 aliphatic rings. The lowest BCUT2D eigenvalue weighted by Gasteiger charge is -2.25. The van der Waals surface area contributed by atoms with E-state index < -0.39 is 0 Å². The van der Waals surface area contributed by atoms with Gasteiger partial charge in [-0.25, -0.2) is 4.98 Å². The number of nitrogens with zero attached hydrogens (tertiary/aromatic N) is 3. The molecule has 5 nitrogen and oxygen atoms in total. The molecule has 23 heavy (non-hydrogen) atoms. The predicted octanol–water partition coefficient (Wildman–Crippen LogP) is 3.25. The van der Waals surface area contributed by atoms with Gasteiger partial charge in [0.25, 0.3) is 5.91 Å². The van der Waals surface area contributed by atoms with Gasteiger partial charge in [-0.15, -0.1) is 11.3 Å². The van der Waals surface area contributed by atoms with Crippen LogP contribution in [0.25, 0.3) is 0 Å². The van der Waals surface area contributed by atoms with Crippen molar-refractivity contribution in [2.45, 2.75) is 25.8 Å². The van der Waals surface area contributed by atoms with Crippen molar-refractivity contribution in [3.63, 3.8) is 0 Å². The Labute approximate surface area is 139 Å². The van der Waals surface area contributed by atoms with E-state index >= 15 is 0 Å². The Kier molecular flexibility index (Phi) is 5.01. The molecular weight excluding hydrogens is 308 g/mol. The molecule has 0 atom stereocenters. The maximum absolute atomic E-state index is 12.2. The first-order valence-electron chi connectivity index (χ1n) is 7.73. The number of piperidine rings is 1. The van der Waals surface area contributed by atoms with Crippen LogP contribution in [0, 0.1) is 11.3 Å². The van der Waals surface area contributed by atoms with Crippen LogP contribution in [0.1, 0.15) is 40.9 Å². The van der Waals surface area contributed by atoms with Crippen molar-refractivity contribution >= 4 is 22.4 Å². The Morgan fingerprint density at radius 1 is 1.35 bits per heavy atom. The number of hydrogen-bond acceptors (Lipinski definition) is 5. The van der Waals surface area contributed by atoms with E-state index in [9.17, 15) is 4.79 Å². The molecule has 2 heterocycles. The Morgan fingerprint density at radius 3 is 2.96 bits per heavy atom. The maximum Gasteiger partial charge on any atom is 0.257 e. The average molecular weight is 326 g/mol. The van der Waals surface area contributed by atoms with Gasteiger partial charge in [0.1, 0.15) is 0 Å². The van der Waals surface area contributed by atoms with E-state index in [0.29, 0.717) is 16.3 Å². The summed E-state index contributed by atoms with van der Waals surface area (Å²) in [4.78, 5) is 19.1. The van der Waals surface area contributed by atoms with E-state index in [1.54, 1.807) is 24.3 Å². The standard InChI is InChI=1S/C17H18N4OS/c18-10-13-5-4-6-14(9-13)16(22)20-17-19-15(12-23-17)11-21-7-2-1-3-8-21/h4-6,9,12H,1-3,7-8,11H2,(H,19,20,22). The molecule has 0 bridgehead atoms. The third-order valence-electron chi connectivity index (χ3n) is 3.86. The average Bonchev–Trinajstić information content (AvgIpc) is 3.02. The van der Waals surface area contributed by atoms with Gasteiger partial charge in [0, 0.05) is 17.5 Å². The van der Waals surface area contributed by atoms with Crippen molar-refractivity contribution < 1.29 is 4.79 Å². The lowest BCUT2D eigenvalue weighted by atomic mass is 10.1. The Hall–Kier alpha value is -2.23. The van der Waals surface area contributed by atoms with E-state index in [1.807, 2.05) is 11.4 Å². The van der Waals surface area contributed by atoms with Crippen LogP contribution in [0.15, 0.2) is 29.6 Å². The van der Waals surface area contributed by atoms with Gasteiger partial charge in [-0.3, -0.25) is 15.0 Å². The molecule has 1 aromatic heterocycles. The van der Waals surface area contributed by atoms with E-state index in [-0.39, 0.29) is 5.91 Å². The molecule has 1 N–H and O–H groups in total. The van der Waals surface area contributed by atoms with Crippen LogP contribution in [0.3, 0.4) is 0 Å². The summed E-state index contributed by atoms with van der Waals surface area (Å²) in [6.45, 7) is 3.09. The summed E-state index contributed by atoms with van der Waals surface area (Å²) in [6.07, 6.45) is 3.82. The number of rotatable bonds is 4. The zero-order chi connectivity index (χ0) is 16.1. The molecule has 3 rings (SSSR count). The van der Waals surface area contributed by atoms with E-state index in [0.717, 1.165) is 25.3 Å². The normalized spacial score (nSPS) is 15.1. The van der Waals surface area contributed by atoms with Gasteiger partial charge in [-0.1, -0.05) is 12.5 Å². The summed E-state index contributed by atoms with van der Waals surface area (Å²) in [5, 5.41) is 14.3. The van der Waals surface area contributed by atoms with Gasteiger partial charge >= 0.3 is 0 Å². The van der Waals surface area contributed by atoms with Gasteiger partial charge in [0.05, 0.1) is 17.3 Å². The first-order valence-corrected chi connectivity index (χ1v) is 8.61. The molecule has 0 radical (unpaired) electrons. The Bertz CT molecular complexity index is 728. The molecule has 1 fully saturated rings. The molecule has 1 amide bonds. The first-order chi connectivity index (χ1) is 11.2. The summed E-state index contributed by atoms with van der Waals surface area (Å²) >= 11 is 1.44. The van der Waals surface area contributed by atoms with Crippen molar-refractivity contribution in [1.82, 2.24) is 9.88 Å². The van der Waals surface area contributed by atoms with Crippen molar-refractivity contribution in [2.75, 3.05) is 18.4 Å². The van der Waals surface area contributed by atoms with Gasteiger partial charge in [-0.2, -0.15) is 5.26 Å². The number of amides is 1. The second kappa shape index (κ2) is 7.36. The molecule has 1 aromatic carbocycles. The Balaban J connectivity index is 1.61. The number of nitriles is 1. The predicted molar refractivity (Wildman–Crippen MR) is 90.4 cm³/mol. The van der Waals surface area contributed by atoms with Crippen molar-refractivity contribution in [2.24, 2.45) is 0 Å². The topological polar surface area (TPSA) is 69.0 Å². The number of thiazole rings is 1. The fourth-order valence-electron chi connectivity index (χ4n) is 2.68. The summed E-state index contributed by atoms with van der Waals surface area (Å²) in [5.41, 5.74) is 1.94. The van der Waals surface area contributed by atoms with Crippen molar-refractivity contribution in [1.29, 1.82) is 5.26 Å². The first kappa shape index (κ1) is 15.7. The van der Waals surface area contributed by atoms with E-state index in [2.05, 4.69) is 15.2 Å². The minimum atomic E-state index is -0.235. The highest BCUT2D eigenvalue weighted by Gasteiger charge is 2.14. The highest BCUT2D eigenvalue weighted by molar-refractivity contribution is 7.13. The summed E-state index contributed by atoms with van der Waals surface area (Å²) < 4.78 is 0. The Morgan fingerprint density at radius 2 is 2.17 bits per heavy atom. The van der Waals surface area contributed by atoms with Crippen LogP contribution in [0.4, 0.5) is 5.13 Å². The van der Waals surface area contributed by atoms with Gasteiger partial charge < -0.3 is 0 Å². The smallest absolute Gasteiger partial charge is 0.257 e. The van der Waals surface area contributed by atoms with Crippen molar-refractivity contribution in [3.8, 4) is 6.07 Å². The molecular formula is C17H18N4OS. The largest absolute Gasteiger partial charge is 0.298 e. The number of carbonyl (C=O) groups excluding carboxylic acids is 1. The molecule has 0 spiro atoms. The fourth-order valence-corrected chi connectivity index (χ4v) is 3.38. The molecule has 0 aliphatic carbocycles. The zero-order valence-electron chi connectivity index (χ0n) is 12.8. The molecule has 6 heteroatoms. The number of aromatic nitrogens is 1. The highest BCUT2D eigenvalue weighted by Crippen LogP contribution is 2.19. The van der Waals surface area contributed by atoms with E-state index in [1.165, 1.54) is 30.6 Å². The number of benzene rings is 1. The molecule has 118 valence electrons. The van der Waals surface area contributed by atoms with Gasteiger partial charge in [0.15, 0.2) is 5.13 Å². The molecule has 2 aromatic rings. The SMILES string of the molecule is N#Cc1cccc(C(=O)Nc2nc(CN3CCCCC3)cs2)c1. The summed E-state index contributed by atoms with van der Waals surface area (Å²) in [7, 11) is 0. The monoisotopic (exact) mass is 326 g/mol. The number of hydrogen-bond donors (Lipinski definition) is 1. The van der Waals surface area contributed by atoms with Crippen molar-refractivity contribution in [3.05, 3.63) is 46.5 Å². The van der Waals surface area contributed by atoms with Crippen LogP contribution < -0.4 is 5.32 Å². The van der Waals surface area contributed by atoms with E-state index in [4.69, 9.17) is 5.26 Å². The molecule has 0 unspecified atom stereocenters. The third-order valence-corrected chi connectivity index (χ3v) is 4.67. The molecule has 1 aliphatic heterocycles. The van der Waals surface area contributed by atoms with Crippen LogP contribution >= 0.6 is 11.3 Å². The lowest BCUT2D eigenvalue weighted by molar-refractivity contribution is 0.102. The second-order valence-electron chi connectivity index (χ2n) is 5.63. The summed E-state index contributed by atoms with van der Waals surface area (Å²) in [6, 6.07) is 8.69. The minimum absolute atomic E-state index is 0.235. The van der Waals surface area contributed by atoms with Crippen LogP contribution in [0.5, 0.6) is 0 Å². The lowest BCUT2D eigenvalue weighted by Crippen LogP contribution is -2.29. The zero-order valence-corrected chi connectivity index (χ0v) is 13.6. The maximum atomic E-state index is 12.2. The number of carbonyl (C=O) groups is 1.